The van der Waals surface area contributed by atoms with E-state index in [0.717, 1.165) is 17.3 Å². The molecular formula is C15H18ClF2N3. The molecule has 1 heterocycles. The van der Waals surface area contributed by atoms with Gasteiger partial charge in [-0.3, -0.25) is 4.68 Å². The van der Waals surface area contributed by atoms with Crippen molar-refractivity contribution >= 4 is 11.6 Å². The average Bonchev–Trinajstić information content (AvgIpc) is 2.65. The van der Waals surface area contributed by atoms with E-state index in [9.17, 15) is 8.78 Å². The molecule has 114 valence electrons. The molecule has 21 heavy (non-hydrogen) atoms. The Morgan fingerprint density at radius 2 is 2.10 bits per heavy atom. The maximum absolute atomic E-state index is 14.0. The first-order chi connectivity index (χ1) is 9.93. The molecule has 0 spiro atoms. The molecule has 0 amide bonds. The number of rotatable bonds is 5. The van der Waals surface area contributed by atoms with Gasteiger partial charge in [-0.25, -0.2) is 8.78 Å². The Morgan fingerprint density at radius 3 is 2.62 bits per heavy atom. The van der Waals surface area contributed by atoms with Crippen molar-refractivity contribution in [3.05, 3.63) is 51.8 Å². The van der Waals surface area contributed by atoms with Gasteiger partial charge < -0.3 is 5.32 Å². The number of nitrogens with zero attached hydrogens (tertiary/aromatic N) is 2. The van der Waals surface area contributed by atoms with E-state index < -0.39 is 11.6 Å². The van der Waals surface area contributed by atoms with Crippen molar-refractivity contribution in [2.24, 2.45) is 7.05 Å². The molecule has 1 aromatic carbocycles. The quantitative estimate of drug-likeness (QED) is 0.915. The highest BCUT2D eigenvalue weighted by Crippen LogP contribution is 2.27. The smallest absolute Gasteiger partial charge is 0.130 e. The van der Waals surface area contributed by atoms with E-state index in [1.807, 2.05) is 13.8 Å². The van der Waals surface area contributed by atoms with Gasteiger partial charge in [-0.1, -0.05) is 24.6 Å². The van der Waals surface area contributed by atoms with Crippen molar-refractivity contribution in [3.8, 4) is 0 Å². The summed E-state index contributed by atoms with van der Waals surface area (Å²) in [6.07, 6.45) is 0.495. The van der Waals surface area contributed by atoms with Gasteiger partial charge in [0.15, 0.2) is 0 Å². The van der Waals surface area contributed by atoms with Gasteiger partial charge in [0.2, 0.25) is 0 Å². The number of benzene rings is 1. The third-order valence-corrected chi connectivity index (χ3v) is 3.94. The molecule has 0 aliphatic heterocycles. The van der Waals surface area contributed by atoms with Crippen LogP contribution in [-0.4, -0.2) is 16.3 Å². The first kappa shape index (κ1) is 15.9. The SMILES string of the molecule is CCNC(Cc1c(C)nn(C)c1Cl)c1ccc(F)cc1F. The normalized spacial score (nSPS) is 12.7. The number of aryl methyl sites for hydroxylation is 2. The van der Waals surface area contributed by atoms with Crippen LogP contribution in [0.5, 0.6) is 0 Å². The summed E-state index contributed by atoms with van der Waals surface area (Å²) in [7, 11) is 1.76. The zero-order chi connectivity index (χ0) is 15.6. The van der Waals surface area contributed by atoms with Gasteiger partial charge in [-0.2, -0.15) is 5.10 Å². The number of hydrogen-bond acceptors (Lipinski definition) is 2. The Kier molecular flexibility index (Phi) is 4.96. The number of likely N-dealkylation sites (N-methyl/N-ethyl adjacent to an activating group) is 1. The van der Waals surface area contributed by atoms with Crippen LogP contribution in [-0.2, 0) is 13.5 Å². The number of aromatic nitrogens is 2. The fourth-order valence-electron chi connectivity index (χ4n) is 2.43. The van der Waals surface area contributed by atoms with Gasteiger partial charge in [-0.15, -0.1) is 0 Å². The summed E-state index contributed by atoms with van der Waals surface area (Å²) < 4.78 is 28.7. The molecule has 1 N–H and O–H groups in total. The van der Waals surface area contributed by atoms with Gasteiger partial charge in [0.1, 0.15) is 16.8 Å². The Labute approximate surface area is 127 Å². The van der Waals surface area contributed by atoms with Crippen LogP contribution in [0.25, 0.3) is 0 Å². The molecule has 6 heteroatoms. The maximum Gasteiger partial charge on any atom is 0.130 e. The number of halogens is 3. The molecule has 0 aliphatic carbocycles. The zero-order valence-electron chi connectivity index (χ0n) is 12.3. The van der Waals surface area contributed by atoms with Gasteiger partial charge in [0.25, 0.3) is 0 Å². The molecule has 1 atom stereocenters. The van der Waals surface area contributed by atoms with E-state index in [1.54, 1.807) is 11.7 Å². The Hall–Kier alpha value is -1.46. The van der Waals surface area contributed by atoms with Crippen molar-refractivity contribution in [3.63, 3.8) is 0 Å². The van der Waals surface area contributed by atoms with Crippen LogP contribution >= 0.6 is 11.6 Å². The predicted octanol–water partition coefficient (Wildman–Crippen LogP) is 3.55. The minimum absolute atomic E-state index is 0.281. The number of nitrogens with one attached hydrogen (secondary N) is 1. The van der Waals surface area contributed by atoms with Crippen molar-refractivity contribution in [1.29, 1.82) is 0 Å². The first-order valence-electron chi connectivity index (χ1n) is 6.80. The van der Waals surface area contributed by atoms with Crippen LogP contribution in [0.3, 0.4) is 0 Å². The van der Waals surface area contributed by atoms with Crippen LogP contribution in [0.1, 0.15) is 29.8 Å². The number of hydrogen-bond donors (Lipinski definition) is 1. The molecular weight excluding hydrogens is 296 g/mol. The molecule has 0 saturated carbocycles. The Morgan fingerprint density at radius 1 is 1.38 bits per heavy atom. The lowest BCUT2D eigenvalue weighted by molar-refractivity contribution is 0.501. The van der Waals surface area contributed by atoms with Gasteiger partial charge in [-0.05, 0) is 26.0 Å². The third-order valence-electron chi connectivity index (χ3n) is 3.47. The summed E-state index contributed by atoms with van der Waals surface area (Å²) in [6, 6.07) is 3.35. The standard InChI is InChI=1S/C15H18ClF2N3/c1-4-19-14(11-6-5-10(17)7-13(11)18)8-12-9(2)20-21(3)15(12)16/h5-7,14,19H,4,8H2,1-3H3. The average molecular weight is 314 g/mol. The molecule has 0 aliphatic rings. The zero-order valence-corrected chi connectivity index (χ0v) is 13.0. The van der Waals surface area contributed by atoms with E-state index >= 15 is 0 Å². The lowest BCUT2D eigenvalue weighted by atomic mass is 9.98. The van der Waals surface area contributed by atoms with Gasteiger partial charge >= 0.3 is 0 Å². The summed E-state index contributed by atoms with van der Waals surface area (Å²) in [6.45, 7) is 4.47. The minimum Gasteiger partial charge on any atom is -0.310 e. The molecule has 0 saturated heterocycles. The minimum atomic E-state index is -0.581. The summed E-state index contributed by atoms with van der Waals surface area (Å²) in [5, 5.41) is 8.01. The topological polar surface area (TPSA) is 29.9 Å². The van der Waals surface area contributed by atoms with Crippen molar-refractivity contribution in [1.82, 2.24) is 15.1 Å². The lowest BCUT2D eigenvalue weighted by Gasteiger charge is -2.19. The fraction of sp³-hybridized carbons (Fsp3) is 0.400. The molecule has 0 bridgehead atoms. The molecule has 3 nitrogen and oxygen atoms in total. The maximum atomic E-state index is 14.0. The van der Waals surface area contributed by atoms with Crippen LogP contribution in [0, 0.1) is 18.6 Å². The monoisotopic (exact) mass is 313 g/mol. The van der Waals surface area contributed by atoms with Crippen molar-refractivity contribution in [2.45, 2.75) is 26.3 Å². The van der Waals surface area contributed by atoms with E-state index in [2.05, 4.69) is 10.4 Å². The van der Waals surface area contributed by atoms with Crippen LogP contribution in [0.4, 0.5) is 8.78 Å². The van der Waals surface area contributed by atoms with Crippen LogP contribution < -0.4 is 5.32 Å². The third kappa shape index (κ3) is 3.41. The predicted molar refractivity (Wildman–Crippen MR) is 79.4 cm³/mol. The highest BCUT2D eigenvalue weighted by molar-refractivity contribution is 6.30. The highest BCUT2D eigenvalue weighted by Gasteiger charge is 2.20. The van der Waals surface area contributed by atoms with Gasteiger partial charge in [0, 0.05) is 30.3 Å². The molecule has 0 radical (unpaired) electrons. The van der Waals surface area contributed by atoms with Gasteiger partial charge in [0.05, 0.1) is 5.69 Å². The summed E-state index contributed by atoms with van der Waals surface area (Å²) in [4.78, 5) is 0. The summed E-state index contributed by atoms with van der Waals surface area (Å²) >= 11 is 6.23. The van der Waals surface area contributed by atoms with E-state index in [0.29, 0.717) is 23.7 Å². The van der Waals surface area contributed by atoms with Crippen molar-refractivity contribution < 1.29 is 8.78 Å². The van der Waals surface area contributed by atoms with Crippen LogP contribution in [0.2, 0.25) is 5.15 Å². The second-order valence-electron chi connectivity index (χ2n) is 4.96. The summed E-state index contributed by atoms with van der Waals surface area (Å²) in [5.41, 5.74) is 2.11. The Bertz CT molecular complexity index is 640. The second-order valence-corrected chi connectivity index (χ2v) is 5.32. The molecule has 2 aromatic rings. The van der Waals surface area contributed by atoms with Crippen molar-refractivity contribution in [2.75, 3.05) is 6.54 Å². The molecule has 1 unspecified atom stereocenters. The van der Waals surface area contributed by atoms with Crippen LogP contribution in [0.15, 0.2) is 18.2 Å². The lowest BCUT2D eigenvalue weighted by Crippen LogP contribution is -2.24. The fourth-order valence-corrected chi connectivity index (χ4v) is 2.68. The van der Waals surface area contributed by atoms with E-state index in [4.69, 9.17) is 11.6 Å². The molecule has 2 rings (SSSR count). The largest absolute Gasteiger partial charge is 0.310 e. The highest BCUT2D eigenvalue weighted by atomic mass is 35.5. The molecule has 0 fully saturated rings. The second kappa shape index (κ2) is 6.54. The Balaban J connectivity index is 2.35. The summed E-state index contributed by atoms with van der Waals surface area (Å²) in [5.74, 6) is -1.14. The molecule has 1 aromatic heterocycles. The van der Waals surface area contributed by atoms with E-state index in [1.165, 1.54) is 12.1 Å². The van der Waals surface area contributed by atoms with E-state index in [-0.39, 0.29) is 6.04 Å². The first-order valence-corrected chi connectivity index (χ1v) is 7.18.